The predicted octanol–water partition coefficient (Wildman–Crippen LogP) is 1.94. The first-order valence-corrected chi connectivity index (χ1v) is 10.3. The summed E-state index contributed by atoms with van der Waals surface area (Å²) in [4.78, 5) is 50.0. The van der Waals surface area contributed by atoms with Gasteiger partial charge in [-0.1, -0.05) is 32.1 Å². The van der Waals surface area contributed by atoms with E-state index in [1.165, 1.54) is 0 Å². The molecule has 2 aromatic heterocycles. The molecule has 158 valence electrons. The van der Waals surface area contributed by atoms with E-state index in [1.807, 2.05) is 20.8 Å². The molecular formula is C19H22N5O5S+. The van der Waals surface area contributed by atoms with E-state index >= 15 is 0 Å². The van der Waals surface area contributed by atoms with Gasteiger partial charge in [0.2, 0.25) is 6.04 Å². The lowest BCUT2D eigenvalue weighted by Crippen LogP contribution is -2.72. The number of aryl methyl sites for hydroxylation is 1. The summed E-state index contributed by atoms with van der Waals surface area (Å²) in [7, 11) is 0. The summed E-state index contributed by atoms with van der Waals surface area (Å²) < 4.78 is -0.720. The second kappa shape index (κ2) is 6.54. The van der Waals surface area contributed by atoms with E-state index in [0.29, 0.717) is 40.5 Å². The van der Waals surface area contributed by atoms with Crippen molar-refractivity contribution >= 4 is 34.4 Å². The van der Waals surface area contributed by atoms with Crippen molar-refractivity contribution in [2.24, 2.45) is 5.73 Å². The molecule has 2 aliphatic rings. The van der Waals surface area contributed by atoms with Crippen molar-refractivity contribution in [2.45, 2.75) is 51.5 Å². The van der Waals surface area contributed by atoms with Gasteiger partial charge >= 0.3 is 12.1 Å². The molecule has 1 saturated heterocycles. The topological polar surface area (TPSA) is 156 Å². The van der Waals surface area contributed by atoms with E-state index in [1.54, 1.807) is 0 Å². The lowest BCUT2D eigenvalue weighted by atomic mass is 9.92. The molecule has 0 saturated carbocycles. The van der Waals surface area contributed by atoms with Crippen LogP contribution in [0.2, 0.25) is 0 Å². The third-order valence-corrected chi connectivity index (χ3v) is 6.91. The lowest BCUT2D eigenvalue weighted by Gasteiger charge is -2.42. The molecule has 30 heavy (non-hydrogen) atoms. The smallest absolute Gasteiger partial charge is 0.477 e. The number of hydrogen-bond donors (Lipinski definition) is 3. The van der Waals surface area contributed by atoms with Gasteiger partial charge in [0.05, 0.1) is 22.7 Å². The highest BCUT2D eigenvalue weighted by atomic mass is 32.1. The summed E-state index contributed by atoms with van der Waals surface area (Å²) in [6.07, 6.45) is -0.0564. The fraction of sp³-hybridized carbons (Fsp3) is 0.474. The van der Waals surface area contributed by atoms with Gasteiger partial charge in [-0.05, 0) is 12.8 Å². The first-order valence-electron chi connectivity index (χ1n) is 9.52. The second-order valence-corrected chi connectivity index (χ2v) is 9.60. The van der Waals surface area contributed by atoms with Crippen LogP contribution in [0.5, 0.6) is 0 Å². The van der Waals surface area contributed by atoms with Gasteiger partial charge in [0, 0.05) is 11.0 Å². The Bertz CT molecular complexity index is 1110. The summed E-state index contributed by atoms with van der Waals surface area (Å²) in [5.41, 5.74) is 7.12. The van der Waals surface area contributed by atoms with Gasteiger partial charge < -0.3 is 15.9 Å². The normalized spacial score (nSPS) is 22.6. The third-order valence-electron chi connectivity index (χ3n) is 5.68. The van der Waals surface area contributed by atoms with E-state index < -0.39 is 33.9 Å². The van der Waals surface area contributed by atoms with Crippen molar-refractivity contribution in [3.8, 4) is 10.6 Å². The SMILES string of the molecule is CC(C)(C)c1nc(C(N)=O)c2c(n1)-c1sc([N@+]3(C(=O)O)CCC3C(=O)O)nc1CC2. The zero-order valence-corrected chi connectivity index (χ0v) is 17.6. The fourth-order valence-electron chi connectivity index (χ4n) is 3.92. The molecule has 0 radical (unpaired) electrons. The number of likely N-dealkylation sites (tertiary alicyclic amines) is 1. The van der Waals surface area contributed by atoms with Gasteiger partial charge in [0.15, 0.2) is 0 Å². The van der Waals surface area contributed by atoms with E-state index in [-0.39, 0.29) is 23.8 Å². The van der Waals surface area contributed by atoms with Crippen molar-refractivity contribution in [1.82, 2.24) is 19.4 Å². The average Bonchev–Trinajstić information content (AvgIpc) is 3.02. The van der Waals surface area contributed by atoms with Gasteiger partial charge in [0.25, 0.3) is 11.0 Å². The van der Waals surface area contributed by atoms with Crippen molar-refractivity contribution in [3.05, 3.63) is 22.8 Å². The number of carboxylic acid groups (broad SMARTS) is 2. The van der Waals surface area contributed by atoms with Crippen molar-refractivity contribution in [2.75, 3.05) is 6.54 Å². The Morgan fingerprint density at radius 3 is 2.33 bits per heavy atom. The van der Waals surface area contributed by atoms with E-state index in [0.717, 1.165) is 11.3 Å². The molecule has 2 amide bonds. The molecule has 1 aliphatic heterocycles. The molecule has 1 unspecified atom stereocenters. The van der Waals surface area contributed by atoms with Crippen molar-refractivity contribution in [3.63, 3.8) is 0 Å². The van der Waals surface area contributed by atoms with Crippen LogP contribution in [0.4, 0.5) is 9.93 Å². The Morgan fingerprint density at radius 2 is 1.83 bits per heavy atom. The molecule has 2 atom stereocenters. The maximum Gasteiger partial charge on any atom is 0.521 e. The number of quaternary nitrogens is 1. The standard InChI is InChI=1S/C19H21N5O5S/c1-19(2,3)16-22-11-8(12(23-16)14(20)25)4-5-9-13(11)30-17(21-9)24(18(28)29)7-6-10(24)15(26)27/h10H,4-7H2,1-3H3,(H3-,20,25,26,27,28,29)/p+1/t10?,24-/m0/s1. The zero-order chi connectivity index (χ0) is 22.0. The van der Waals surface area contributed by atoms with Crippen LogP contribution in [0, 0.1) is 0 Å². The van der Waals surface area contributed by atoms with Gasteiger partial charge in [-0.2, -0.15) is 14.3 Å². The fourth-order valence-corrected chi connectivity index (χ4v) is 5.25. The predicted molar refractivity (Wildman–Crippen MR) is 108 cm³/mol. The Hall–Kier alpha value is -2.92. The van der Waals surface area contributed by atoms with Crippen LogP contribution < -0.4 is 10.2 Å². The molecular weight excluding hydrogens is 410 g/mol. The number of fused-ring (bicyclic) bond motifs is 3. The highest BCUT2D eigenvalue weighted by Gasteiger charge is 2.61. The van der Waals surface area contributed by atoms with Crippen LogP contribution >= 0.6 is 11.3 Å². The molecule has 1 aliphatic carbocycles. The number of thiazole rings is 1. The minimum Gasteiger partial charge on any atom is -0.477 e. The first kappa shape index (κ1) is 20.4. The number of amides is 2. The molecule has 4 N–H and O–H groups in total. The Balaban J connectivity index is 1.92. The van der Waals surface area contributed by atoms with Gasteiger partial charge in [-0.3, -0.25) is 4.79 Å². The average molecular weight is 432 g/mol. The number of nitrogens with two attached hydrogens (primary N) is 1. The second-order valence-electron chi connectivity index (χ2n) is 8.63. The maximum atomic E-state index is 12.1. The van der Waals surface area contributed by atoms with Gasteiger partial charge in [0.1, 0.15) is 18.1 Å². The van der Waals surface area contributed by atoms with E-state index in [9.17, 15) is 24.6 Å². The number of hydrogen-bond acceptors (Lipinski definition) is 7. The molecule has 2 aromatic rings. The minimum absolute atomic E-state index is 0.162. The van der Waals surface area contributed by atoms with Crippen LogP contribution in [0.1, 0.15) is 54.8 Å². The number of carboxylic acids is 1. The van der Waals surface area contributed by atoms with Gasteiger partial charge in [-0.25, -0.2) is 14.8 Å². The largest absolute Gasteiger partial charge is 0.521 e. The number of carbonyl (C=O) groups excluding carboxylic acids is 1. The number of primary amides is 1. The van der Waals surface area contributed by atoms with Crippen LogP contribution in [0.25, 0.3) is 10.6 Å². The summed E-state index contributed by atoms with van der Waals surface area (Å²) in [6.45, 7) is 5.92. The molecule has 1 fully saturated rings. The third kappa shape index (κ3) is 2.80. The molecule has 11 heteroatoms. The highest BCUT2D eigenvalue weighted by molar-refractivity contribution is 7.19. The Labute approximate surface area is 176 Å². The van der Waals surface area contributed by atoms with Gasteiger partial charge in [-0.15, -0.1) is 0 Å². The van der Waals surface area contributed by atoms with Crippen molar-refractivity contribution < 1.29 is 24.6 Å². The molecule has 0 aromatic carbocycles. The minimum atomic E-state index is -1.24. The first-order chi connectivity index (χ1) is 14.0. The van der Waals surface area contributed by atoms with Crippen LogP contribution in [0.3, 0.4) is 0 Å². The molecule has 0 bridgehead atoms. The van der Waals surface area contributed by atoms with E-state index in [2.05, 4.69) is 15.0 Å². The molecule has 0 spiro atoms. The highest BCUT2D eigenvalue weighted by Crippen LogP contribution is 2.46. The summed E-state index contributed by atoms with van der Waals surface area (Å²) >= 11 is 1.12. The molecule has 10 nitrogen and oxygen atoms in total. The summed E-state index contributed by atoms with van der Waals surface area (Å²) in [5, 5.41) is 19.6. The number of aliphatic carboxylic acids is 1. The number of nitrogens with zero attached hydrogens (tertiary/aromatic N) is 4. The maximum absolute atomic E-state index is 12.1. The quantitative estimate of drug-likeness (QED) is 0.621. The monoisotopic (exact) mass is 432 g/mol. The van der Waals surface area contributed by atoms with Crippen LogP contribution in [0.15, 0.2) is 0 Å². The number of rotatable bonds is 3. The van der Waals surface area contributed by atoms with Crippen LogP contribution in [-0.2, 0) is 23.1 Å². The molecule has 4 rings (SSSR count). The zero-order valence-electron chi connectivity index (χ0n) is 16.8. The summed E-state index contributed by atoms with van der Waals surface area (Å²) in [5.74, 6) is -1.35. The van der Waals surface area contributed by atoms with E-state index in [4.69, 9.17) is 5.73 Å². The lowest BCUT2D eigenvalue weighted by molar-refractivity contribution is -0.146. The summed E-state index contributed by atoms with van der Waals surface area (Å²) in [6, 6.07) is -1.08. The number of carbonyl (C=O) groups is 3. The Kier molecular flexibility index (Phi) is 4.44. The van der Waals surface area contributed by atoms with Crippen molar-refractivity contribution in [1.29, 1.82) is 0 Å². The number of aromatic nitrogens is 3. The molecule has 3 heterocycles. The van der Waals surface area contributed by atoms with Crippen LogP contribution in [-0.4, -0.2) is 55.7 Å². The Morgan fingerprint density at radius 1 is 1.13 bits per heavy atom.